The monoisotopic (exact) mass is 332 g/mol. The maximum atomic E-state index is 12.4. The molecule has 1 saturated heterocycles. The predicted octanol–water partition coefficient (Wildman–Crippen LogP) is 1.50. The number of anilines is 2. The van der Waals surface area contributed by atoms with E-state index in [0.29, 0.717) is 18.4 Å². The zero-order valence-corrected chi connectivity index (χ0v) is 14.3. The van der Waals surface area contributed by atoms with Crippen LogP contribution in [-0.2, 0) is 9.53 Å². The van der Waals surface area contributed by atoms with Gasteiger partial charge in [-0.1, -0.05) is 19.1 Å². The zero-order chi connectivity index (χ0) is 17.3. The lowest BCUT2D eigenvalue weighted by Crippen LogP contribution is -2.37. The van der Waals surface area contributed by atoms with Gasteiger partial charge in [-0.3, -0.25) is 4.79 Å². The summed E-state index contributed by atoms with van der Waals surface area (Å²) in [7, 11) is 1.55. The smallest absolute Gasteiger partial charge is 0.309 e. The van der Waals surface area contributed by atoms with Crippen LogP contribution < -0.4 is 15.4 Å². The van der Waals surface area contributed by atoms with E-state index < -0.39 is 0 Å². The number of allylic oxidation sites excluding steroid dienone is 1. The molecule has 24 heavy (non-hydrogen) atoms. The maximum Gasteiger partial charge on any atom is 0.309 e. The average molecular weight is 332 g/mol. The van der Waals surface area contributed by atoms with Crippen molar-refractivity contribution in [2.24, 2.45) is 23.7 Å². The molecule has 1 aromatic heterocycles. The number of esters is 1. The van der Waals surface area contributed by atoms with Crippen molar-refractivity contribution < 1.29 is 14.3 Å². The highest BCUT2D eigenvalue weighted by molar-refractivity contribution is 5.74. The minimum absolute atomic E-state index is 0.106. The molecule has 2 N–H and O–H groups in total. The molecule has 7 heteroatoms. The number of carbonyl (C=O) groups is 1. The summed E-state index contributed by atoms with van der Waals surface area (Å²) in [6.45, 7) is 5.86. The van der Waals surface area contributed by atoms with Crippen molar-refractivity contribution in [2.75, 3.05) is 37.4 Å². The van der Waals surface area contributed by atoms with Crippen molar-refractivity contribution in [3.05, 3.63) is 18.2 Å². The molecule has 0 aromatic carbocycles. The molecule has 7 nitrogen and oxygen atoms in total. The van der Waals surface area contributed by atoms with Crippen LogP contribution in [-0.4, -0.2) is 42.7 Å². The molecule has 1 aromatic rings. The van der Waals surface area contributed by atoms with Crippen LogP contribution in [0.1, 0.15) is 13.8 Å². The van der Waals surface area contributed by atoms with E-state index in [1.165, 1.54) is 0 Å². The van der Waals surface area contributed by atoms with Crippen molar-refractivity contribution in [3.8, 4) is 5.88 Å². The van der Waals surface area contributed by atoms with Gasteiger partial charge in [0, 0.05) is 19.2 Å². The van der Waals surface area contributed by atoms with Crippen LogP contribution in [0.15, 0.2) is 18.2 Å². The van der Waals surface area contributed by atoms with Gasteiger partial charge in [0.2, 0.25) is 11.8 Å². The Morgan fingerprint density at radius 3 is 2.88 bits per heavy atom. The fourth-order valence-electron chi connectivity index (χ4n) is 3.78. The Bertz CT molecular complexity index is 649. The van der Waals surface area contributed by atoms with Crippen LogP contribution in [0.25, 0.3) is 0 Å². The number of nitrogens with two attached hydrogens (primary N) is 1. The Morgan fingerprint density at radius 2 is 2.17 bits per heavy atom. The van der Waals surface area contributed by atoms with Gasteiger partial charge in [-0.25, -0.2) is 0 Å². The van der Waals surface area contributed by atoms with Gasteiger partial charge >= 0.3 is 5.97 Å². The molecule has 130 valence electrons. The number of hydrogen-bond acceptors (Lipinski definition) is 7. The van der Waals surface area contributed by atoms with Gasteiger partial charge in [0.15, 0.2) is 0 Å². The quantitative estimate of drug-likeness (QED) is 0.660. The van der Waals surface area contributed by atoms with Gasteiger partial charge in [0.1, 0.15) is 5.82 Å². The number of methoxy groups -OCH3 is 1. The van der Waals surface area contributed by atoms with Crippen LogP contribution in [0.4, 0.5) is 11.8 Å². The van der Waals surface area contributed by atoms with E-state index in [1.54, 1.807) is 13.2 Å². The third kappa shape index (κ3) is 3.02. The molecule has 0 bridgehead atoms. The van der Waals surface area contributed by atoms with Crippen LogP contribution in [0.3, 0.4) is 0 Å². The Morgan fingerprint density at radius 1 is 1.38 bits per heavy atom. The lowest BCUT2D eigenvalue weighted by atomic mass is 9.72. The first kappa shape index (κ1) is 16.5. The van der Waals surface area contributed by atoms with E-state index in [0.717, 1.165) is 18.9 Å². The fourth-order valence-corrected chi connectivity index (χ4v) is 3.78. The molecule has 2 aliphatic rings. The molecular formula is C17H24N4O3. The van der Waals surface area contributed by atoms with Gasteiger partial charge in [-0.2, -0.15) is 9.97 Å². The first-order valence-electron chi connectivity index (χ1n) is 8.32. The largest absolute Gasteiger partial charge is 0.481 e. The summed E-state index contributed by atoms with van der Waals surface area (Å²) in [4.78, 5) is 22.9. The molecular weight excluding hydrogens is 308 g/mol. The van der Waals surface area contributed by atoms with E-state index in [9.17, 15) is 4.79 Å². The minimum Gasteiger partial charge on any atom is -0.481 e. The number of rotatable bonds is 4. The van der Waals surface area contributed by atoms with Crippen molar-refractivity contribution in [1.29, 1.82) is 0 Å². The lowest BCUT2D eigenvalue weighted by molar-refractivity contribution is -0.151. The van der Waals surface area contributed by atoms with E-state index in [4.69, 9.17) is 15.2 Å². The summed E-state index contributed by atoms with van der Waals surface area (Å²) < 4.78 is 10.5. The van der Waals surface area contributed by atoms with E-state index in [2.05, 4.69) is 33.9 Å². The summed E-state index contributed by atoms with van der Waals surface area (Å²) >= 11 is 0. The summed E-state index contributed by atoms with van der Waals surface area (Å²) in [5, 5.41) is 0. The van der Waals surface area contributed by atoms with Gasteiger partial charge in [0.25, 0.3) is 0 Å². The summed E-state index contributed by atoms with van der Waals surface area (Å²) in [6, 6.07) is 1.78. The molecule has 0 saturated carbocycles. The second kappa shape index (κ2) is 6.67. The van der Waals surface area contributed by atoms with Gasteiger partial charge in [-0.15, -0.1) is 0 Å². The fraction of sp³-hybridized carbons (Fsp3) is 0.588. The number of fused-ring (bicyclic) bond motifs is 1. The normalized spacial score (nSPS) is 28.5. The molecule has 1 fully saturated rings. The molecule has 4 atom stereocenters. The molecule has 2 heterocycles. The molecule has 0 spiro atoms. The van der Waals surface area contributed by atoms with Crippen LogP contribution in [0, 0.1) is 23.7 Å². The highest BCUT2D eigenvalue weighted by atomic mass is 16.5. The Hall–Kier alpha value is -2.31. The zero-order valence-electron chi connectivity index (χ0n) is 14.3. The highest BCUT2D eigenvalue weighted by Gasteiger charge is 2.45. The Balaban J connectivity index is 1.84. The van der Waals surface area contributed by atoms with Gasteiger partial charge in [-0.05, 0) is 24.7 Å². The number of nitrogen functional groups attached to an aromatic ring is 1. The molecule has 1 aliphatic carbocycles. The molecule has 0 amide bonds. The standard InChI is InChI=1S/C17H24N4O3/c1-4-24-16(22)15-10(2)5-6-11-8-21(9-12(11)15)13-7-14(23-3)20-17(18)19-13/h5-7,10-12,15H,4,8-9H2,1-3H3,(H2,18,19,20)/t10-,11-,12+,15+/m0/s1. The maximum absolute atomic E-state index is 12.4. The summed E-state index contributed by atoms with van der Waals surface area (Å²) in [5.74, 6) is 1.83. The lowest BCUT2D eigenvalue weighted by Gasteiger charge is -2.31. The van der Waals surface area contributed by atoms with Gasteiger partial charge < -0.3 is 20.1 Å². The van der Waals surface area contributed by atoms with Crippen LogP contribution in [0.2, 0.25) is 0 Å². The molecule has 0 radical (unpaired) electrons. The first-order valence-corrected chi connectivity index (χ1v) is 8.32. The highest BCUT2D eigenvalue weighted by Crippen LogP contribution is 2.41. The second-order valence-electron chi connectivity index (χ2n) is 6.38. The van der Waals surface area contributed by atoms with Crippen molar-refractivity contribution in [1.82, 2.24) is 9.97 Å². The predicted molar refractivity (Wildman–Crippen MR) is 90.6 cm³/mol. The molecule has 1 aliphatic heterocycles. The molecule has 3 rings (SSSR count). The number of aromatic nitrogens is 2. The first-order chi connectivity index (χ1) is 11.5. The minimum atomic E-state index is -0.119. The second-order valence-corrected chi connectivity index (χ2v) is 6.38. The summed E-state index contributed by atoms with van der Waals surface area (Å²) in [5.41, 5.74) is 5.77. The van der Waals surface area contributed by atoms with E-state index in [-0.39, 0.29) is 29.7 Å². The third-order valence-corrected chi connectivity index (χ3v) is 4.90. The summed E-state index contributed by atoms with van der Waals surface area (Å²) in [6.07, 6.45) is 4.34. The number of nitrogens with zero attached hydrogens (tertiary/aromatic N) is 3. The van der Waals surface area contributed by atoms with Gasteiger partial charge in [0.05, 0.1) is 19.6 Å². The van der Waals surface area contributed by atoms with Crippen LogP contribution >= 0.6 is 0 Å². The van der Waals surface area contributed by atoms with Crippen molar-refractivity contribution in [3.63, 3.8) is 0 Å². The Labute approximate surface area is 141 Å². The number of ether oxygens (including phenoxy) is 2. The molecule has 0 unspecified atom stereocenters. The average Bonchev–Trinajstić information content (AvgIpc) is 2.98. The van der Waals surface area contributed by atoms with Crippen LogP contribution in [0.5, 0.6) is 5.88 Å². The van der Waals surface area contributed by atoms with Crippen molar-refractivity contribution in [2.45, 2.75) is 13.8 Å². The van der Waals surface area contributed by atoms with E-state index in [1.807, 2.05) is 6.92 Å². The third-order valence-electron chi connectivity index (χ3n) is 4.90. The number of hydrogen-bond donors (Lipinski definition) is 1. The number of carbonyl (C=O) groups excluding carboxylic acids is 1. The van der Waals surface area contributed by atoms with Crippen molar-refractivity contribution >= 4 is 17.7 Å². The van der Waals surface area contributed by atoms with E-state index >= 15 is 0 Å². The Kier molecular flexibility index (Phi) is 4.59. The SMILES string of the molecule is CCOC(=O)[C@H]1[C@@H]2CN(c3cc(OC)nc(N)n3)C[C@@H]2C=C[C@@H]1C. The topological polar surface area (TPSA) is 90.6 Å².